The number of rotatable bonds is 1. The van der Waals surface area contributed by atoms with Gasteiger partial charge in [0, 0.05) is 13.7 Å². The topological polar surface area (TPSA) is 61.7 Å². The Morgan fingerprint density at radius 3 is 2.70 bits per heavy atom. The highest BCUT2D eigenvalue weighted by Crippen LogP contribution is 2.10. The van der Waals surface area contributed by atoms with E-state index in [2.05, 4.69) is 5.32 Å². The summed E-state index contributed by atoms with van der Waals surface area (Å²) in [4.78, 5) is 0. The van der Waals surface area contributed by atoms with E-state index in [0.717, 1.165) is 6.42 Å². The first-order valence-electron chi connectivity index (χ1n) is 3.38. The molecule has 10 heavy (non-hydrogen) atoms. The van der Waals surface area contributed by atoms with Crippen molar-refractivity contribution in [1.82, 2.24) is 5.32 Å². The molecule has 0 aliphatic carbocycles. The lowest BCUT2D eigenvalue weighted by molar-refractivity contribution is -0.107. The van der Waals surface area contributed by atoms with Crippen LogP contribution >= 0.6 is 0 Å². The van der Waals surface area contributed by atoms with Gasteiger partial charge in [-0.05, 0) is 6.42 Å². The van der Waals surface area contributed by atoms with Crippen LogP contribution in [0.3, 0.4) is 0 Å². The van der Waals surface area contributed by atoms with Gasteiger partial charge in [-0.15, -0.1) is 0 Å². The van der Waals surface area contributed by atoms with E-state index in [4.69, 9.17) is 9.84 Å². The Morgan fingerprint density at radius 2 is 2.20 bits per heavy atom. The molecule has 0 amide bonds. The number of methoxy groups -OCH3 is 1. The second kappa shape index (κ2) is 3.30. The monoisotopic (exact) mass is 147 g/mol. The van der Waals surface area contributed by atoms with Crippen LogP contribution in [0, 0.1) is 0 Å². The predicted molar refractivity (Wildman–Crippen MR) is 35.4 cm³/mol. The zero-order valence-electron chi connectivity index (χ0n) is 5.95. The number of hydrogen-bond donors (Lipinski definition) is 3. The highest BCUT2D eigenvalue weighted by molar-refractivity contribution is 4.80. The van der Waals surface area contributed by atoms with Gasteiger partial charge in [-0.1, -0.05) is 0 Å². The first-order valence-corrected chi connectivity index (χ1v) is 3.38. The Balaban J connectivity index is 2.42. The molecule has 0 aromatic heterocycles. The molecule has 0 aromatic rings. The van der Waals surface area contributed by atoms with Crippen molar-refractivity contribution in [2.75, 3.05) is 13.7 Å². The van der Waals surface area contributed by atoms with Crippen LogP contribution in [0.25, 0.3) is 0 Å². The zero-order chi connectivity index (χ0) is 7.56. The number of ether oxygens (including phenoxy) is 1. The molecule has 60 valence electrons. The molecule has 1 heterocycles. The van der Waals surface area contributed by atoms with Gasteiger partial charge in [0.2, 0.25) is 0 Å². The lowest BCUT2D eigenvalue weighted by atomic mass is 10.1. The quantitative estimate of drug-likeness (QED) is 0.430. The van der Waals surface area contributed by atoms with Crippen molar-refractivity contribution < 1.29 is 14.9 Å². The van der Waals surface area contributed by atoms with Crippen molar-refractivity contribution in [2.24, 2.45) is 0 Å². The molecule has 0 spiro atoms. The molecule has 3 atom stereocenters. The van der Waals surface area contributed by atoms with Crippen LogP contribution in [0.4, 0.5) is 0 Å². The van der Waals surface area contributed by atoms with Crippen molar-refractivity contribution >= 4 is 0 Å². The van der Waals surface area contributed by atoms with Gasteiger partial charge in [0.25, 0.3) is 0 Å². The molecular weight excluding hydrogens is 134 g/mol. The first-order chi connectivity index (χ1) is 4.75. The van der Waals surface area contributed by atoms with Gasteiger partial charge in [-0.2, -0.15) is 0 Å². The van der Waals surface area contributed by atoms with Crippen LogP contribution in [-0.4, -0.2) is 42.3 Å². The summed E-state index contributed by atoms with van der Waals surface area (Å²) in [5, 5.41) is 21.0. The second-order valence-electron chi connectivity index (χ2n) is 2.45. The van der Waals surface area contributed by atoms with E-state index in [1.165, 1.54) is 7.11 Å². The molecule has 3 N–H and O–H groups in total. The van der Waals surface area contributed by atoms with E-state index in [1.54, 1.807) is 0 Å². The fourth-order valence-electron chi connectivity index (χ4n) is 1.13. The van der Waals surface area contributed by atoms with Crippen LogP contribution in [0.2, 0.25) is 0 Å². The molecule has 4 heteroatoms. The van der Waals surface area contributed by atoms with E-state index in [9.17, 15) is 5.11 Å². The minimum absolute atomic E-state index is 0.226. The molecule has 1 rings (SSSR count). The van der Waals surface area contributed by atoms with E-state index in [0.29, 0.717) is 6.54 Å². The number of nitrogens with one attached hydrogen (secondary N) is 1. The first kappa shape index (κ1) is 7.94. The number of piperidine rings is 1. The van der Waals surface area contributed by atoms with Crippen LogP contribution in [0.5, 0.6) is 0 Å². The van der Waals surface area contributed by atoms with Crippen LogP contribution in [-0.2, 0) is 4.74 Å². The van der Waals surface area contributed by atoms with E-state index in [-0.39, 0.29) is 6.10 Å². The summed E-state index contributed by atoms with van der Waals surface area (Å²) in [6, 6.07) is 0. The molecule has 0 bridgehead atoms. The maximum Gasteiger partial charge on any atom is 0.133 e. The molecule has 1 aliphatic rings. The standard InChI is InChI=1S/C6H13NO3/c1-10-4-2-3-7-6(9)5(4)8/h4-9H,2-3H2,1H3. The SMILES string of the molecule is COC1CCNC(O)C1O. The molecule has 0 aromatic carbocycles. The summed E-state index contributed by atoms with van der Waals surface area (Å²) in [6.07, 6.45) is -1.11. The van der Waals surface area contributed by atoms with Gasteiger partial charge in [-0.25, -0.2) is 0 Å². The highest BCUT2D eigenvalue weighted by Gasteiger charge is 2.29. The van der Waals surface area contributed by atoms with Crippen molar-refractivity contribution in [1.29, 1.82) is 0 Å². The molecule has 1 fully saturated rings. The van der Waals surface area contributed by atoms with Crippen molar-refractivity contribution in [3.63, 3.8) is 0 Å². The molecular formula is C6H13NO3. The van der Waals surface area contributed by atoms with Crippen LogP contribution in [0.1, 0.15) is 6.42 Å². The summed E-state index contributed by atoms with van der Waals surface area (Å²) >= 11 is 0. The Kier molecular flexibility index (Phi) is 2.62. The third-order valence-electron chi connectivity index (χ3n) is 1.79. The Hall–Kier alpha value is -0.160. The van der Waals surface area contributed by atoms with Gasteiger partial charge in [-0.3, -0.25) is 5.32 Å². The summed E-state index contributed by atoms with van der Waals surface area (Å²) in [5.41, 5.74) is 0. The van der Waals surface area contributed by atoms with Gasteiger partial charge >= 0.3 is 0 Å². The number of hydrogen-bond acceptors (Lipinski definition) is 4. The minimum atomic E-state index is -0.835. The average Bonchev–Trinajstić information content (AvgIpc) is 1.95. The largest absolute Gasteiger partial charge is 0.386 e. The van der Waals surface area contributed by atoms with E-state index in [1.807, 2.05) is 0 Å². The molecule has 0 saturated carbocycles. The highest BCUT2D eigenvalue weighted by atomic mass is 16.5. The summed E-state index contributed by atoms with van der Waals surface area (Å²) in [6.45, 7) is 0.691. The number of aliphatic hydroxyl groups excluding tert-OH is 2. The summed E-state index contributed by atoms with van der Waals surface area (Å²) in [7, 11) is 1.53. The predicted octanol–water partition coefficient (Wildman–Crippen LogP) is -1.33. The maximum atomic E-state index is 9.20. The van der Waals surface area contributed by atoms with Crippen molar-refractivity contribution in [3.8, 4) is 0 Å². The fraction of sp³-hybridized carbons (Fsp3) is 1.00. The third kappa shape index (κ3) is 1.46. The third-order valence-corrected chi connectivity index (χ3v) is 1.79. The van der Waals surface area contributed by atoms with Crippen LogP contribution in [0.15, 0.2) is 0 Å². The van der Waals surface area contributed by atoms with Gasteiger partial charge < -0.3 is 14.9 Å². The smallest absolute Gasteiger partial charge is 0.133 e. The second-order valence-corrected chi connectivity index (χ2v) is 2.45. The average molecular weight is 147 g/mol. The minimum Gasteiger partial charge on any atom is -0.386 e. The fourth-order valence-corrected chi connectivity index (χ4v) is 1.13. The lowest BCUT2D eigenvalue weighted by Crippen LogP contribution is -2.52. The van der Waals surface area contributed by atoms with Gasteiger partial charge in [0.05, 0.1) is 6.10 Å². The Bertz CT molecular complexity index is 109. The van der Waals surface area contributed by atoms with Crippen molar-refractivity contribution in [3.05, 3.63) is 0 Å². The molecule has 4 nitrogen and oxygen atoms in total. The maximum absolute atomic E-state index is 9.20. The van der Waals surface area contributed by atoms with Gasteiger partial charge in [0.15, 0.2) is 0 Å². The Labute approximate surface area is 59.8 Å². The van der Waals surface area contributed by atoms with E-state index < -0.39 is 12.3 Å². The van der Waals surface area contributed by atoms with Crippen molar-refractivity contribution in [2.45, 2.75) is 24.9 Å². The normalized spacial score (nSPS) is 41.7. The summed E-state index contributed by atoms with van der Waals surface area (Å²) in [5.74, 6) is 0. The molecule has 1 aliphatic heterocycles. The lowest BCUT2D eigenvalue weighted by Gasteiger charge is -2.31. The molecule has 3 unspecified atom stereocenters. The molecule has 0 radical (unpaired) electrons. The van der Waals surface area contributed by atoms with E-state index >= 15 is 0 Å². The summed E-state index contributed by atoms with van der Waals surface area (Å²) < 4.78 is 4.92. The van der Waals surface area contributed by atoms with Crippen LogP contribution < -0.4 is 5.32 Å². The Morgan fingerprint density at radius 1 is 1.50 bits per heavy atom. The van der Waals surface area contributed by atoms with Gasteiger partial charge in [0.1, 0.15) is 12.3 Å². The number of aliphatic hydroxyl groups is 2. The molecule has 1 saturated heterocycles. The zero-order valence-corrected chi connectivity index (χ0v) is 5.95.